The first-order valence-electron chi connectivity index (χ1n) is 10.1. The van der Waals surface area contributed by atoms with Crippen LogP contribution in [0.4, 0.5) is 0 Å². The van der Waals surface area contributed by atoms with Crippen molar-refractivity contribution in [3.63, 3.8) is 0 Å². The molecule has 7 nitrogen and oxygen atoms in total. The lowest BCUT2D eigenvalue weighted by atomic mass is 9.71. The number of nitrogens with zero attached hydrogens (tertiary/aromatic N) is 1. The zero-order valence-electron chi connectivity index (χ0n) is 16.3. The van der Waals surface area contributed by atoms with Crippen molar-refractivity contribution in [2.45, 2.75) is 45.1 Å². The highest BCUT2D eigenvalue weighted by Gasteiger charge is 2.32. The second-order valence-electron chi connectivity index (χ2n) is 7.99. The van der Waals surface area contributed by atoms with E-state index in [4.69, 9.17) is 5.73 Å². The van der Waals surface area contributed by atoms with Crippen molar-refractivity contribution >= 4 is 17.7 Å². The number of nitrogens with two attached hydrogens (primary N) is 1. The van der Waals surface area contributed by atoms with Gasteiger partial charge in [0.2, 0.25) is 11.8 Å². The van der Waals surface area contributed by atoms with Crippen LogP contribution in [0.15, 0.2) is 24.3 Å². The van der Waals surface area contributed by atoms with Crippen molar-refractivity contribution in [2.24, 2.45) is 11.1 Å². The van der Waals surface area contributed by atoms with E-state index in [0.29, 0.717) is 38.2 Å². The summed E-state index contributed by atoms with van der Waals surface area (Å²) in [6, 6.07) is 7.19. The number of benzene rings is 1. The van der Waals surface area contributed by atoms with E-state index in [1.807, 2.05) is 12.1 Å². The molecule has 0 atom stereocenters. The van der Waals surface area contributed by atoms with Crippen molar-refractivity contribution < 1.29 is 14.4 Å². The van der Waals surface area contributed by atoms with Gasteiger partial charge in [-0.1, -0.05) is 31.4 Å². The molecule has 1 aromatic rings. The van der Waals surface area contributed by atoms with E-state index < -0.39 is 0 Å². The van der Waals surface area contributed by atoms with Crippen LogP contribution in [0, 0.1) is 5.41 Å². The molecule has 0 unspecified atom stereocenters. The van der Waals surface area contributed by atoms with Crippen molar-refractivity contribution in [1.29, 1.82) is 0 Å². The third-order valence-electron chi connectivity index (χ3n) is 5.90. The van der Waals surface area contributed by atoms with Gasteiger partial charge in [0.05, 0.1) is 6.54 Å². The van der Waals surface area contributed by atoms with Crippen molar-refractivity contribution in [2.75, 3.05) is 26.2 Å². The van der Waals surface area contributed by atoms with Gasteiger partial charge in [-0.3, -0.25) is 14.4 Å². The Morgan fingerprint density at radius 2 is 1.86 bits per heavy atom. The first kappa shape index (κ1) is 20.3. The highest BCUT2D eigenvalue weighted by Crippen LogP contribution is 2.38. The Labute approximate surface area is 166 Å². The topological polar surface area (TPSA) is 105 Å². The number of hydrogen-bond donors (Lipinski definition) is 3. The van der Waals surface area contributed by atoms with Crippen molar-refractivity contribution in [1.82, 2.24) is 15.5 Å². The first-order chi connectivity index (χ1) is 13.5. The Bertz CT molecular complexity index is 711. The molecule has 1 aliphatic heterocycles. The number of nitrogens with one attached hydrogen (secondary N) is 2. The van der Waals surface area contributed by atoms with Crippen LogP contribution in [0.1, 0.15) is 54.4 Å². The predicted molar refractivity (Wildman–Crippen MR) is 106 cm³/mol. The summed E-state index contributed by atoms with van der Waals surface area (Å²) in [5.74, 6) is -0.244. The van der Waals surface area contributed by atoms with Gasteiger partial charge in [-0.15, -0.1) is 0 Å². The minimum Gasteiger partial charge on any atom is -0.353 e. The zero-order valence-corrected chi connectivity index (χ0v) is 16.3. The summed E-state index contributed by atoms with van der Waals surface area (Å²) in [7, 11) is 0. The van der Waals surface area contributed by atoms with Crippen LogP contribution in [-0.2, 0) is 16.1 Å². The number of hydrogen-bond acceptors (Lipinski definition) is 4. The Kier molecular flexibility index (Phi) is 6.67. The average molecular weight is 386 g/mol. The van der Waals surface area contributed by atoms with Crippen LogP contribution in [0.2, 0.25) is 0 Å². The molecule has 3 amide bonds. The van der Waals surface area contributed by atoms with Gasteiger partial charge in [-0.2, -0.15) is 0 Å². The molecule has 0 bridgehead atoms. The van der Waals surface area contributed by atoms with Crippen LogP contribution >= 0.6 is 0 Å². The van der Waals surface area contributed by atoms with E-state index in [1.54, 1.807) is 17.0 Å². The maximum absolute atomic E-state index is 12.5. The molecule has 2 fully saturated rings. The molecule has 4 N–H and O–H groups in total. The van der Waals surface area contributed by atoms with Gasteiger partial charge in [0.1, 0.15) is 0 Å². The van der Waals surface area contributed by atoms with Crippen LogP contribution in [0.3, 0.4) is 0 Å². The van der Waals surface area contributed by atoms with Crippen LogP contribution < -0.4 is 16.4 Å². The summed E-state index contributed by atoms with van der Waals surface area (Å²) in [5.41, 5.74) is 7.41. The summed E-state index contributed by atoms with van der Waals surface area (Å²) in [6.07, 6.45) is 6.08. The minimum absolute atomic E-state index is 0.0341. The summed E-state index contributed by atoms with van der Waals surface area (Å²) in [5, 5.41) is 5.69. The predicted octanol–water partition coefficient (Wildman–Crippen LogP) is 1.17. The van der Waals surface area contributed by atoms with Gasteiger partial charge in [-0.05, 0) is 42.5 Å². The number of piperazine rings is 1. The lowest BCUT2D eigenvalue weighted by molar-refractivity contribution is -0.124. The lowest BCUT2D eigenvalue weighted by Gasteiger charge is -2.35. The maximum Gasteiger partial charge on any atom is 0.254 e. The Morgan fingerprint density at radius 3 is 2.50 bits per heavy atom. The molecular formula is C21H30N4O3. The van der Waals surface area contributed by atoms with E-state index in [1.165, 1.54) is 6.42 Å². The Balaban J connectivity index is 1.50. The zero-order chi connectivity index (χ0) is 20.0. The highest BCUT2D eigenvalue weighted by atomic mass is 16.2. The molecule has 0 radical (unpaired) electrons. The van der Waals surface area contributed by atoms with Crippen LogP contribution in [0.25, 0.3) is 0 Å². The number of rotatable bonds is 6. The van der Waals surface area contributed by atoms with Gasteiger partial charge in [0.25, 0.3) is 5.91 Å². The summed E-state index contributed by atoms with van der Waals surface area (Å²) < 4.78 is 0. The quantitative estimate of drug-likeness (QED) is 0.683. The third-order valence-corrected chi connectivity index (χ3v) is 5.90. The molecule has 1 saturated heterocycles. The van der Waals surface area contributed by atoms with Gasteiger partial charge in [0, 0.05) is 31.6 Å². The molecule has 152 valence electrons. The van der Waals surface area contributed by atoms with E-state index >= 15 is 0 Å². The molecular weight excluding hydrogens is 356 g/mol. The van der Waals surface area contributed by atoms with Crippen molar-refractivity contribution in [3.05, 3.63) is 35.4 Å². The maximum atomic E-state index is 12.5. The van der Waals surface area contributed by atoms with E-state index in [-0.39, 0.29) is 29.7 Å². The monoisotopic (exact) mass is 386 g/mol. The standard InChI is InChI=1S/C21H30N4O3/c22-15-21(8-2-1-3-9-21)12-18(26)24-13-16-4-6-17(7-5-16)20(28)25-11-10-23-19(27)14-25/h4-7H,1-3,8-15,22H2,(H,23,27)(H,24,26). The highest BCUT2D eigenvalue weighted by molar-refractivity contribution is 5.97. The summed E-state index contributed by atoms with van der Waals surface area (Å²) >= 11 is 0. The molecule has 3 rings (SSSR count). The Hall–Kier alpha value is -2.41. The van der Waals surface area contributed by atoms with Gasteiger partial charge in [-0.25, -0.2) is 0 Å². The number of carbonyl (C=O) groups is 3. The second kappa shape index (κ2) is 9.19. The molecule has 1 heterocycles. The molecule has 7 heteroatoms. The van der Waals surface area contributed by atoms with Crippen molar-refractivity contribution in [3.8, 4) is 0 Å². The van der Waals surface area contributed by atoms with Crippen LogP contribution in [0.5, 0.6) is 0 Å². The molecule has 1 aliphatic carbocycles. The van der Waals surface area contributed by atoms with Gasteiger partial charge >= 0.3 is 0 Å². The molecule has 2 aliphatic rings. The molecule has 0 aromatic heterocycles. The normalized spacial score (nSPS) is 19.0. The van der Waals surface area contributed by atoms with Gasteiger partial charge in [0.15, 0.2) is 0 Å². The van der Waals surface area contributed by atoms with E-state index in [2.05, 4.69) is 10.6 Å². The van der Waals surface area contributed by atoms with Crippen LogP contribution in [-0.4, -0.2) is 48.8 Å². The SMILES string of the molecule is NCC1(CC(=O)NCc2ccc(C(=O)N3CCNC(=O)C3)cc2)CCCCC1. The van der Waals surface area contributed by atoms with E-state index in [0.717, 1.165) is 31.2 Å². The lowest BCUT2D eigenvalue weighted by Crippen LogP contribution is -2.49. The van der Waals surface area contributed by atoms with E-state index in [9.17, 15) is 14.4 Å². The third kappa shape index (κ3) is 5.10. The van der Waals surface area contributed by atoms with Gasteiger partial charge < -0.3 is 21.3 Å². The Morgan fingerprint density at radius 1 is 1.14 bits per heavy atom. The number of carbonyl (C=O) groups excluding carboxylic acids is 3. The molecule has 0 spiro atoms. The molecule has 28 heavy (non-hydrogen) atoms. The minimum atomic E-state index is -0.146. The first-order valence-corrected chi connectivity index (χ1v) is 10.1. The second-order valence-corrected chi connectivity index (χ2v) is 7.99. The fraction of sp³-hybridized carbons (Fsp3) is 0.571. The molecule has 1 saturated carbocycles. The smallest absolute Gasteiger partial charge is 0.254 e. The average Bonchev–Trinajstić information content (AvgIpc) is 2.73. The molecule has 1 aromatic carbocycles. The fourth-order valence-corrected chi connectivity index (χ4v) is 4.12. The largest absolute Gasteiger partial charge is 0.353 e. The summed E-state index contributed by atoms with van der Waals surface area (Å²) in [4.78, 5) is 37.9. The summed E-state index contributed by atoms with van der Waals surface area (Å²) in [6.45, 7) is 2.09. The number of amides is 3. The fourth-order valence-electron chi connectivity index (χ4n) is 4.12.